The van der Waals surface area contributed by atoms with Gasteiger partial charge in [0.15, 0.2) is 0 Å². The molecule has 0 saturated heterocycles. The van der Waals surface area contributed by atoms with E-state index in [2.05, 4.69) is 44.3 Å². The Bertz CT molecular complexity index is 521. The van der Waals surface area contributed by atoms with E-state index < -0.39 is 0 Å². The van der Waals surface area contributed by atoms with E-state index in [9.17, 15) is 0 Å². The second kappa shape index (κ2) is 6.62. The van der Waals surface area contributed by atoms with Crippen LogP contribution in [-0.4, -0.2) is 6.61 Å². The second-order valence-corrected chi connectivity index (χ2v) is 5.98. The van der Waals surface area contributed by atoms with E-state index in [1.807, 2.05) is 29.5 Å². The predicted octanol–water partition coefficient (Wildman–Crippen LogP) is 5.02. The third-order valence-electron chi connectivity index (χ3n) is 2.91. The van der Waals surface area contributed by atoms with Gasteiger partial charge in [-0.2, -0.15) is 0 Å². The van der Waals surface area contributed by atoms with Crippen molar-refractivity contribution in [2.75, 3.05) is 11.9 Å². The van der Waals surface area contributed by atoms with Crippen LogP contribution in [0.2, 0.25) is 0 Å². The van der Waals surface area contributed by atoms with Gasteiger partial charge >= 0.3 is 0 Å². The summed E-state index contributed by atoms with van der Waals surface area (Å²) in [7, 11) is 0. The molecule has 0 bridgehead atoms. The number of benzene rings is 1. The van der Waals surface area contributed by atoms with E-state index in [1.165, 1.54) is 9.75 Å². The van der Waals surface area contributed by atoms with Crippen molar-refractivity contribution in [3.63, 3.8) is 0 Å². The predicted molar refractivity (Wildman–Crippen MR) is 83.3 cm³/mol. The highest BCUT2D eigenvalue weighted by Crippen LogP contribution is 2.30. The molecule has 0 spiro atoms. The molecule has 1 aromatic carbocycles. The summed E-state index contributed by atoms with van der Waals surface area (Å²) in [4.78, 5) is 2.70. The average Bonchev–Trinajstić information content (AvgIpc) is 2.84. The lowest BCUT2D eigenvalue weighted by Gasteiger charge is -2.17. The van der Waals surface area contributed by atoms with Crippen LogP contribution in [0.15, 0.2) is 36.4 Å². The molecule has 0 saturated carbocycles. The van der Waals surface area contributed by atoms with Crippen molar-refractivity contribution in [1.82, 2.24) is 0 Å². The highest BCUT2D eigenvalue weighted by Gasteiger charge is 2.10. The molecule has 19 heavy (non-hydrogen) atoms. The van der Waals surface area contributed by atoms with Crippen LogP contribution in [-0.2, 0) is 0 Å². The maximum absolute atomic E-state index is 5.77. The van der Waals surface area contributed by atoms with E-state index >= 15 is 0 Å². The van der Waals surface area contributed by atoms with Crippen LogP contribution < -0.4 is 10.1 Å². The van der Waals surface area contributed by atoms with Gasteiger partial charge in [0.1, 0.15) is 5.75 Å². The van der Waals surface area contributed by atoms with E-state index in [0.717, 1.165) is 24.5 Å². The summed E-state index contributed by atoms with van der Waals surface area (Å²) in [6.45, 7) is 7.19. The molecule has 102 valence electrons. The minimum atomic E-state index is 0.296. The minimum absolute atomic E-state index is 0.296. The minimum Gasteiger partial charge on any atom is -0.491 e. The number of hydrogen-bond acceptors (Lipinski definition) is 3. The number of para-hydroxylation sites is 2. The van der Waals surface area contributed by atoms with Crippen molar-refractivity contribution in [2.45, 2.75) is 33.2 Å². The summed E-state index contributed by atoms with van der Waals surface area (Å²) in [5, 5.41) is 3.53. The second-order valence-electron chi connectivity index (χ2n) is 4.66. The fourth-order valence-corrected chi connectivity index (χ4v) is 2.79. The van der Waals surface area contributed by atoms with Crippen LogP contribution in [0.4, 0.5) is 5.69 Å². The van der Waals surface area contributed by atoms with Gasteiger partial charge in [-0.1, -0.05) is 19.1 Å². The van der Waals surface area contributed by atoms with Crippen molar-refractivity contribution in [2.24, 2.45) is 0 Å². The van der Waals surface area contributed by atoms with Crippen LogP contribution >= 0.6 is 11.3 Å². The molecule has 0 amide bonds. The first-order valence-corrected chi connectivity index (χ1v) is 7.57. The lowest BCUT2D eigenvalue weighted by atomic mass is 10.2. The molecule has 0 aliphatic rings. The molecule has 1 heterocycles. The van der Waals surface area contributed by atoms with Crippen LogP contribution in [0, 0.1) is 6.92 Å². The molecule has 2 nitrogen and oxygen atoms in total. The van der Waals surface area contributed by atoms with Crippen LogP contribution in [0.25, 0.3) is 0 Å². The number of thiophene rings is 1. The largest absolute Gasteiger partial charge is 0.491 e. The van der Waals surface area contributed by atoms with Gasteiger partial charge in [-0.25, -0.2) is 0 Å². The first kappa shape index (κ1) is 13.9. The van der Waals surface area contributed by atoms with Gasteiger partial charge in [-0.15, -0.1) is 11.3 Å². The first-order chi connectivity index (χ1) is 9.20. The van der Waals surface area contributed by atoms with Gasteiger partial charge in [0, 0.05) is 9.75 Å². The summed E-state index contributed by atoms with van der Waals surface area (Å²) >= 11 is 1.84. The average molecular weight is 275 g/mol. The monoisotopic (exact) mass is 275 g/mol. The molecule has 2 rings (SSSR count). The number of rotatable bonds is 6. The van der Waals surface area contributed by atoms with Crippen molar-refractivity contribution in [1.29, 1.82) is 0 Å². The third kappa shape index (κ3) is 3.74. The highest BCUT2D eigenvalue weighted by atomic mass is 32.1. The smallest absolute Gasteiger partial charge is 0.142 e. The lowest BCUT2D eigenvalue weighted by molar-refractivity contribution is 0.318. The zero-order valence-electron chi connectivity index (χ0n) is 11.8. The standard InChI is InChI=1S/C16H21NOS/c1-4-11-18-15-8-6-5-7-14(15)17-13(3)16-10-9-12(2)19-16/h5-10,13,17H,4,11H2,1-3H3. The normalized spacial score (nSPS) is 12.2. The fraction of sp³-hybridized carbons (Fsp3) is 0.375. The Morgan fingerprint density at radius 2 is 2.00 bits per heavy atom. The van der Waals surface area contributed by atoms with E-state index in [1.54, 1.807) is 0 Å². The number of hydrogen-bond donors (Lipinski definition) is 1. The van der Waals surface area contributed by atoms with Crippen molar-refractivity contribution < 1.29 is 4.74 Å². The number of ether oxygens (including phenoxy) is 1. The van der Waals surface area contributed by atoms with Gasteiger partial charge in [0.25, 0.3) is 0 Å². The van der Waals surface area contributed by atoms with Crippen LogP contribution in [0.1, 0.15) is 36.1 Å². The van der Waals surface area contributed by atoms with Gasteiger partial charge in [-0.3, -0.25) is 0 Å². The van der Waals surface area contributed by atoms with Crippen molar-refractivity contribution in [3.8, 4) is 5.75 Å². The van der Waals surface area contributed by atoms with Crippen LogP contribution in [0.5, 0.6) is 5.75 Å². The summed E-state index contributed by atoms with van der Waals surface area (Å²) < 4.78 is 5.77. The Hall–Kier alpha value is -1.48. The zero-order chi connectivity index (χ0) is 13.7. The fourth-order valence-electron chi connectivity index (χ4n) is 1.91. The van der Waals surface area contributed by atoms with E-state index in [0.29, 0.717) is 6.04 Å². The van der Waals surface area contributed by atoms with E-state index in [4.69, 9.17) is 4.74 Å². The quantitative estimate of drug-likeness (QED) is 0.799. The van der Waals surface area contributed by atoms with Crippen molar-refractivity contribution in [3.05, 3.63) is 46.2 Å². The third-order valence-corrected chi connectivity index (χ3v) is 4.09. The molecular weight excluding hydrogens is 254 g/mol. The van der Waals surface area contributed by atoms with Crippen molar-refractivity contribution >= 4 is 17.0 Å². The SMILES string of the molecule is CCCOc1ccccc1NC(C)c1ccc(C)s1. The molecule has 0 aliphatic carbocycles. The Kier molecular flexibility index (Phi) is 4.86. The Balaban J connectivity index is 2.09. The molecule has 2 aromatic rings. The summed E-state index contributed by atoms with van der Waals surface area (Å²) in [6.07, 6.45) is 1.02. The van der Waals surface area contributed by atoms with Crippen LogP contribution in [0.3, 0.4) is 0 Å². The molecule has 3 heteroatoms. The molecule has 1 aromatic heterocycles. The number of aryl methyl sites for hydroxylation is 1. The highest BCUT2D eigenvalue weighted by molar-refractivity contribution is 7.12. The number of nitrogens with one attached hydrogen (secondary N) is 1. The molecule has 0 fully saturated rings. The summed E-state index contributed by atoms with van der Waals surface area (Å²) in [5.74, 6) is 0.935. The topological polar surface area (TPSA) is 21.3 Å². The molecule has 0 radical (unpaired) electrons. The van der Waals surface area contributed by atoms with Gasteiger partial charge in [-0.05, 0) is 44.5 Å². The maximum atomic E-state index is 5.77. The van der Waals surface area contributed by atoms with Gasteiger partial charge in [0.05, 0.1) is 18.3 Å². The molecule has 0 aliphatic heterocycles. The van der Waals surface area contributed by atoms with Gasteiger partial charge in [0.2, 0.25) is 0 Å². The first-order valence-electron chi connectivity index (χ1n) is 6.75. The Morgan fingerprint density at radius 1 is 1.21 bits per heavy atom. The molecule has 1 unspecified atom stereocenters. The summed E-state index contributed by atoms with van der Waals surface area (Å²) in [6, 6.07) is 12.8. The Labute approximate surface area is 119 Å². The lowest BCUT2D eigenvalue weighted by Crippen LogP contribution is -2.07. The summed E-state index contributed by atoms with van der Waals surface area (Å²) in [5.41, 5.74) is 1.06. The maximum Gasteiger partial charge on any atom is 0.142 e. The Morgan fingerprint density at radius 3 is 2.68 bits per heavy atom. The molecule has 1 atom stereocenters. The van der Waals surface area contributed by atoms with Gasteiger partial charge < -0.3 is 10.1 Å². The number of anilines is 1. The zero-order valence-corrected chi connectivity index (χ0v) is 12.6. The molecule has 1 N–H and O–H groups in total. The molecular formula is C16H21NOS. The van der Waals surface area contributed by atoms with E-state index in [-0.39, 0.29) is 0 Å².